The summed E-state index contributed by atoms with van der Waals surface area (Å²) in [6, 6.07) is 7.61. The van der Waals surface area contributed by atoms with Gasteiger partial charge in [0.15, 0.2) is 0 Å². The smallest absolute Gasteiger partial charge is 0.127 e. The Kier molecular flexibility index (Phi) is 4.56. The lowest BCUT2D eigenvalue weighted by Crippen LogP contribution is -2.15. The molecular formula is C20H26O2. The van der Waals surface area contributed by atoms with E-state index in [9.17, 15) is 10.2 Å². The minimum Gasteiger partial charge on any atom is -0.507 e. The zero-order valence-electron chi connectivity index (χ0n) is 13.4. The van der Waals surface area contributed by atoms with E-state index in [1.807, 2.05) is 24.3 Å². The van der Waals surface area contributed by atoms with Crippen molar-refractivity contribution in [2.45, 2.75) is 58.3 Å². The molecule has 0 heterocycles. The average Bonchev–Trinajstić information content (AvgIpc) is 2.56. The Morgan fingerprint density at radius 2 is 1.64 bits per heavy atom. The molecule has 118 valence electrons. The molecule has 0 amide bonds. The van der Waals surface area contributed by atoms with Crippen molar-refractivity contribution in [1.29, 1.82) is 0 Å². The van der Waals surface area contributed by atoms with E-state index in [0.29, 0.717) is 17.4 Å². The normalized spacial score (nSPS) is 17.6. The minimum absolute atomic E-state index is 0.382. The third kappa shape index (κ3) is 2.79. The Morgan fingerprint density at radius 3 is 2.32 bits per heavy atom. The van der Waals surface area contributed by atoms with Crippen LogP contribution in [0.25, 0.3) is 10.8 Å². The van der Waals surface area contributed by atoms with E-state index in [4.69, 9.17) is 0 Å². The predicted octanol–water partition coefficient (Wildman–Crippen LogP) is 5.33. The molecule has 0 saturated carbocycles. The third-order valence-electron chi connectivity index (χ3n) is 5.13. The lowest BCUT2D eigenvalue weighted by Gasteiger charge is -2.27. The van der Waals surface area contributed by atoms with Gasteiger partial charge in [-0.3, -0.25) is 0 Å². The van der Waals surface area contributed by atoms with E-state index in [1.165, 1.54) is 32.1 Å². The first-order chi connectivity index (χ1) is 10.7. The van der Waals surface area contributed by atoms with Crippen LogP contribution in [0.15, 0.2) is 24.3 Å². The molecule has 2 nitrogen and oxygen atoms in total. The Bertz CT molecular complexity index is 660. The quantitative estimate of drug-likeness (QED) is 0.579. The maximum Gasteiger partial charge on any atom is 0.127 e. The fourth-order valence-electron chi connectivity index (χ4n) is 3.84. The lowest BCUT2D eigenvalue weighted by atomic mass is 9.79. The molecular weight excluding hydrogens is 272 g/mol. The van der Waals surface area contributed by atoms with Crippen molar-refractivity contribution in [3.8, 4) is 11.5 Å². The summed E-state index contributed by atoms with van der Waals surface area (Å²) < 4.78 is 0. The van der Waals surface area contributed by atoms with Gasteiger partial charge in [-0.1, -0.05) is 63.3 Å². The molecule has 0 spiro atoms. The van der Waals surface area contributed by atoms with Crippen molar-refractivity contribution in [2.75, 3.05) is 0 Å². The number of hydrogen-bond acceptors (Lipinski definition) is 2. The summed E-state index contributed by atoms with van der Waals surface area (Å²) in [7, 11) is 0. The Morgan fingerprint density at radius 1 is 0.955 bits per heavy atom. The Hall–Kier alpha value is -1.70. The molecule has 2 aromatic rings. The number of hydrogen-bond donors (Lipinski definition) is 2. The number of unbranched alkanes of at least 4 members (excludes halogenated alkanes) is 3. The van der Waals surface area contributed by atoms with E-state index >= 15 is 0 Å². The van der Waals surface area contributed by atoms with Gasteiger partial charge in [0.05, 0.1) is 0 Å². The second-order valence-electron chi connectivity index (χ2n) is 6.66. The molecule has 1 atom stereocenters. The zero-order chi connectivity index (χ0) is 15.5. The third-order valence-corrected chi connectivity index (χ3v) is 5.13. The van der Waals surface area contributed by atoms with E-state index in [2.05, 4.69) is 6.92 Å². The van der Waals surface area contributed by atoms with Crippen LogP contribution in [-0.2, 0) is 12.8 Å². The largest absolute Gasteiger partial charge is 0.507 e. The molecule has 0 bridgehead atoms. The lowest BCUT2D eigenvalue weighted by molar-refractivity contribution is 0.382. The van der Waals surface area contributed by atoms with Crippen LogP contribution in [0.3, 0.4) is 0 Å². The predicted molar refractivity (Wildman–Crippen MR) is 91.6 cm³/mol. The molecule has 1 unspecified atom stereocenters. The highest BCUT2D eigenvalue weighted by atomic mass is 16.3. The fraction of sp³-hybridized carbons (Fsp3) is 0.500. The van der Waals surface area contributed by atoms with Gasteiger partial charge in [0.1, 0.15) is 11.5 Å². The van der Waals surface area contributed by atoms with Crippen molar-refractivity contribution < 1.29 is 10.2 Å². The summed E-state index contributed by atoms with van der Waals surface area (Å²) in [6.07, 6.45) is 9.36. The van der Waals surface area contributed by atoms with Crippen LogP contribution in [-0.4, -0.2) is 10.2 Å². The number of phenols is 2. The highest BCUT2D eigenvalue weighted by Crippen LogP contribution is 2.44. The van der Waals surface area contributed by atoms with Gasteiger partial charge in [-0.25, -0.2) is 0 Å². The molecule has 0 saturated heterocycles. The Balaban J connectivity index is 1.84. The van der Waals surface area contributed by atoms with Crippen molar-refractivity contribution in [1.82, 2.24) is 0 Å². The molecule has 3 rings (SSSR count). The van der Waals surface area contributed by atoms with Crippen LogP contribution in [0.5, 0.6) is 11.5 Å². The first kappa shape index (κ1) is 15.2. The van der Waals surface area contributed by atoms with Crippen LogP contribution >= 0.6 is 0 Å². The molecule has 1 aliphatic rings. The highest BCUT2D eigenvalue weighted by molar-refractivity contribution is 5.95. The van der Waals surface area contributed by atoms with Gasteiger partial charge in [-0.05, 0) is 25.2 Å². The molecule has 2 heteroatoms. The Labute approximate surface area is 132 Å². The number of fused-ring (bicyclic) bond motifs is 2. The summed E-state index contributed by atoms with van der Waals surface area (Å²) in [4.78, 5) is 0. The SMILES string of the molecule is CCCCCCC1CCc2c(c(O)c3ccccc3c2O)C1. The van der Waals surface area contributed by atoms with Gasteiger partial charge in [-0.2, -0.15) is 0 Å². The van der Waals surface area contributed by atoms with E-state index in [-0.39, 0.29) is 0 Å². The number of rotatable bonds is 5. The molecule has 0 aromatic heterocycles. The molecule has 22 heavy (non-hydrogen) atoms. The highest BCUT2D eigenvalue weighted by Gasteiger charge is 2.25. The molecule has 0 radical (unpaired) electrons. The second kappa shape index (κ2) is 6.60. The van der Waals surface area contributed by atoms with Gasteiger partial charge in [0.25, 0.3) is 0 Å². The molecule has 2 aromatic carbocycles. The second-order valence-corrected chi connectivity index (χ2v) is 6.66. The first-order valence-corrected chi connectivity index (χ1v) is 8.66. The van der Waals surface area contributed by atoms with Crippen LogP contribution < -0.4 is 0 Å². The minimum atomic E-state index is 0.382. The van der Waals surface area contributed by atoms with Gasteiger partial charge in [-0.15, -0.1) is 0 Å². The van der Waals surface area contributed by atoms with Gasteiger partial charge in [0.2, 0.25) is 0 Å². The maximum absolute atomic E-state index is 10.6. The van der Waals surface area contributed by atoms with E-state index in [0.717, 1.165) is 41.2 Å². The van der Waals surface area contributed by atoms with E-state index < -0.39 is 0 Å². The van der Waals surface area contributed by atoms with Gasteiger partial charge >= 0.3 is 0 Å². The zero-order valence-corrected chi connectivity index (χ0v) is 13.4. The van der Waals surface area contributed by atoms with Gasteiger partial charge in [0, 0.05) is 21.9 Å². The van der Waals surface area contributed by atoms with Crippen LogP contribution in [0.2, 0.25) is 0 Å². The van der Waals surface area contributed by atoms with E-state index in [1.54, 1.807) is 0 Å². The first-order valence-electron chi connectivity index (χ1n) is 8.66. The topological polar surface area (TPSA) is 40.5 Å². The van der Waals surface area contributed by atoms with Gasteiger partial charge < -0.3 is 10.2 Å². The summed E-state index contributed by atoms with van der Waals surface area (Å²) >= 11 is 0. The van der Waals surface area contributed by atoms with Crippen molar-refractivity contribution in [3.63, 3.8) is 0 Å². The molecule has 1 aliphatic carbocycles. The fourth-order valence-corrected chi connectivity index (χ4v) is 3.84. The van der Waals surface area contributed by atoms with Crippen molar-refractivity contribution in [2.24, 2.45) is 5.92 Å². The molecule has 0 aliphatic heterocycles. The molecule has 2 N–H and O–H groups in total. The summed E-state index contributed by atoms with van der Waals surface area (Å²) in [5, 5.41) is 22.7. The average molecular weight is 298 g/mol. The summed E-state index contributed by atoms with van der Waals surface area (Å²) in [5.74, 6) is 1.42. The standard InChI is InChI=1S/C20H26O2/c1-2-3-4-5-8-14-11-12-17-18(13-14)20(22)16-10-7-6-9-15(16)19(17)21/h6-7,9-10,14,21-22H,2-5,8,11-13H2,1H3. The van der Waals surface area contributed by atoms with Crippen molar-refractivity contribution >= 4 is 10.8 Å². The number of phenolic OH excluding ortho intramolecular Hbond substituents is 2. The van der Waals surface area contributed by atoms with Crippen LogP contribution in [0, 0.1) is 5.92 Å². The maximum atomic E-state index is 10.6. The summed E-state index contributed by atoms with van der Waals surface area (Å²) in [6.45, 7) is 2.24. The number of aromatic hydroxyl groups is 2. The number of benzene rings is 2. The van der Waals surface area contributed by atoms with Crippen LogP contribution in [0.4, 0.5) is 0 Å². The van der Waals surface area contributed by atoms with Crippen LogP contribution in [0.1, 0.15) is 56.6 Å². The monoisotopic (exact) mass is 298 g/mol. The summed E-state index contributed by atoms with van der Waals surface area (Å²) in [5.41, 5.74) is 1.96. The van der Waals surface area contributed by atoms with Crippen molar-refractivity contribution in [3.05, 3.63) is 35.4 Å². The molecule has 0 fully saturated rings.